The van der Waals surface area contributed by atoms with Crippen LogP contribution in [0.15, 0.2) is 48.8 Å². The molecule has 38 heavy (non-hydrogen) atoms. The first kappa shape index (κ1) is 26.8. The number of nitrogens with one attached hydrogen (secondary N) is 1. The third-order valence-electron chi connectivity index (χ3n) is 7.08. The number of carbonyl (C=O) groups is 4. The van der Waals surface area contributed by atoms with E-state index in [4.69, 9.17) is 0 Å². The molecule has 1 aromatic carbocycles. The van der Waals surface area contributed by atoms with Crippen LogP contribution in [0.3, 0.4) is 0 Å². The topological polar surface area (TPSA) is 106 Å². The first-order valence-electron chi connectivity index (χ1n) is 12.8. The summed E-state index contributed by atoms with van der Waals surface area (Å²) in [7, 11) is 3.26. The highest BCUT2D eigenvalue weighted by Crippen LogP contribution is 2.25. The SMILES string of the molecule is Cc1ncccc1/C(=C/N(C=O)CC(=O)N1CCC(N2CCc3ccccc3NC2=O)CC1)C(=O)N(C)C. The number of rotatable bonds is 7. The van der Waals surface area contributed by atoms with Crippen molar-refractivity contribution in [2.24, 2.45) is 0 Å². The van der Waals surface area contributed by atoms with E-state index in [1.54, 1.807) is 44.2 Å². The van der Waals surface area contributed by atoms with Crippen molar-refractivity contribution in [2.45, 2.75) is 32.2 Å². The summed E-state index contributed by atoms with van der Waals surface area (Å²) in [5.41, 5.74) is 3.50. The van der Waals surface area contributed by atoms with E-state index in [1.165, 1.54) is 16.0 Å². The molecule has 2 aliphatic heterocycles. The van der Waals surface area contributed by atoms with E-state index in [0.29, 0.717) is 50.1 Å². The van der Waals surface area contributed by atoms with Crippen molar-refractivity contribution in [1.29, 1.82) is 0 Å². The molecule has 1 N–H and O–H groups in total. The number of hydrogen-bond acceptors (Lipinski definition) is 5. The van der Waals surface area contributed by atoms with Crippen LogP contribution in [-0.4, -0.2) is 95.2 Å². The number of aromatic nitrogens is 1. The van der Waals surface area contributed by atoms with Gasteiger partial charge >= 0.3 is 6.03 Å². The number of carbonyl (C=O) groups excluding carboxylic acids is 4. The number of urea groups is 1. The predicted octanol–water partition coefficient (Wildman–Crippen LogP) is 2.36. The molecule has 2 aliphatic rings. The molecule has 1 saturated heterocycles. The quantitative estimate of drug-likeness (QED) is 0.448. The smallest absolute Gasteiger partial charge is 0.322 e. The second-order valence-electron chi connectivity index (χ2n) is 9.80. The van der Waals surface area contributed by atoms with E-state index in [-0.39, 0.29) is 36.0 Å². The van der Waals surface area contributed by atoms with E-state index >= 15 is 0 Å². The molecule has 10 nitrogen and oxygen atoms in total. The highest BCUT2D eigenvalue weighted by atomic mass is 16.2. The minimum Gasteiger partial charge on any atom is -0.345 e. The molecule has 5 amide bonds. The summed E-state index contributed by atoms with van der Waals surface area (Å²) >= 11 is 0. The standard InChI is InChI=1S/C28H34N6O4/c1-20-23(8-6-13-29-20)24(27(37)31(2)3)17-32(19-35)18-26(36)33-14-11-22(12-15-33)34-16-10-21-7-4-5-9-25(21)30-28(34)38/h4-9,13,17,19,22H,10-12,14-16,18H2,1-3H3,(H,30,38)/b24-17-. The fourth-order valence-corrected chi connectivity index (χ4v) is 4.95. The zero-order valence-electron chi connectivity index (χ0n) is 22.1. The molecule has 0 radical (unpaired) electrons. The lowest BCUT2D eigenvalue weighted by Gasteiger charge is -2.38. The minimum absolute atomic E-state index is 0.0355. The summed E-state index contributed by atoms with van der Waals surface area (Å²) in [6.45, 7) is 3.21. The predicted molar refractivity (Wildman–Crippen MR) is 144 cm³/mol. The van der Waals surface area contributed by atoms with Gasteiger partial charge in [-0.1, -0.05) is 24.3 Å². The minimum atomic E-state index is -0.293. The molecule has 1 aromatic heterocycles. The number of piperidine rings is 1. The molecule has 0 spiro atoms. The number of hydrogen-bond donors (Lipinski definition) is 1. The fraction of sp³-hybridized carbons (Fsp3) is 0.393. The van der Waals surface area contributed by atoms with Crippen LogP contribution in [0, 0.1) is 6.92 Å². The molecular weight excluding hydrogens is 484 g/mol. The largest absolute Gasteiger partial charge is 0.345 e. The Hall–Kier alpha value is -4.21. The van der Waals surface area contributed by atoms with Crippen molar-refractivity contribution < 1.29 is 19.2 Å². The van der Waals surface area contributed by atoms with Crippen LogP contribution in [-0.2, 0) is 20.8 Å². The Kier molecular flexibility index (Phi) is 8.40. The summed E-state index contributed by atoms with van der Waals surface area (Å²) in [6, 6.07) is 11.2. The molecule has 1 fully saturated rings. The van der Waals surface area contributed by atoms with Crippen LogP contribution in [0.25, 0.3) is 5.57 Å². The third kappa shape index (κ3) is 6.01. The molecule has 0 unspecified atom stereocenters. The Morgan fingerprint density at radius 2 is 1.84 bits per heavy atom. The number of pyridine rings is 1. The highest BCUT2D eigenvalue weighted by molar-refractivity contribution is 6.19. The van der Waals surface area contributed by atoms with Gasteiger partial charge in [-0.15, -0.1) is 0 Å². The van der Waals surface area contributed by atoms with Gasteiger partial charge in [0.25, 0.3) is 5.91 Å². The zero-order chi connectivity index (χ0) is 27.2. The number of fused-ring (bicyclic) bond motifs is 1. The number of benzene rings is 1. The number of likely N-dealkylation sites (N-methyl/N-ethyl adjacent to an activating group) is 1. The molecule has 3 heterocycles. The molecule has 0 bridgehead atoms. The monoisotopic (exact) mass is 518 g/mol. The van der Waals surface area contributed by atoms with Crippen molar-refractivity contribution in [3.8, 4) is 0 Å². The Morgan fingerprint density at radius 1 is 1.11 bits per heavy atom. The molecule has 2 aromatic rings. The van der Waals surface area contributed by atoms with Crippen molar-refractivity contribution in [1.82, 2.24) is 24.6 Å². The van der Waals surface area contributed by atoms with Gasteiger partial charge < -0.3 is 24.9 Å². The van der Waals surface area contributed by atoms with Crippen LogP contribution in [0.1, 0.15) is 29.7 Å². The van der Waals surface area contributed by atoms with Gasteiger partial charge in [0.15, 0.2) is 0 Å². The van der Waals surface area contributed by atoms with E-state index in [1.807, 2.05) is 29.2 Å². The lowest BCUT2D eigenvalue weighted by atomic mass is 10.0. The van der Waals surface area contributed by atoms with Crippen LogP contribution in [0.2, 0.25) is 0 Å². The summed E-state index contributed by atoms with van der Waals surface area (Å²) in [5.74, 6) is -0.502. The lowest BCUT2D eigenvalue weighted by Crippen LogP contribution is -2.51. The van der Waals surface area contributed by atoms with Crippen LogP contribution in [0.4, 0.5) is 10.5 Å². The van der Waals surface area contributed by atoms with E-state index in [9.17, 15) is 19.2 Å². The van der Waals surface area contributed by atoms with Crippen LogP contribution < -0.4 is 5.32 Å². The van der Waals surface area contributed by atoms with Crippen molar-refractivity contribution in [3.63, 3.8) is 0 Å². The maximum absolute atomic E-state index is 13.1. The number of nitrogens with zero attached hydrogens (tertiary/aromatic N) is 5. The second kappa shape index (κ2) is 11.9. The third-order valence-corrected chi connectivity index (χ3v) is 7.08. The van der Waals surface area contributed by atoms with Gasteiger partial charge in [0.2, 0.25) is 12.3 Å². The summed E-state index contributed by atoms with van der Waals surface area (Å²) in [4.78, 5) is 61.2. The molecule has 0 aliphatic carbocycles. The normalized spacial score (nSPS) is 16.3. The molecule has 0 saturated carbocycles. The maximum atomic E-state index is 13.1. The fourth-order valence-electron chi connectivity index (χ4n) is 4.95. The average molecular weight is 519 g/mol. The van der Waals surface area contributed by atoms with E-state index < -0.39 is 0 Å². The number of aryl methyl sites for hydroxylation is 1. The Morgan fingerprint density at radius 3 is 2.53 bits per heavy atom. The summed E-state index contributed by atoms with van der Waals surface area (Å²) in [6.07, 6.45) is 5.70. The van der Waals surface area contributed by atoms with Crippen molar-refractivity contribution in [2.75, 3.05) is 45.6 Å². The Bertz CT molecular complexity index is 1240. The number of likely N-dealkylation sites (tertiary alicyclic amines) is 1. The average Bonchev–Trinajstić information content (AvgIpc) is 3.09. The van der Waals surface area contributed by atoms with Crippen LogP contribution in [0.5, 0.6) is 0 Å². The van der Waals surface area contributed by atoms with Gasteiger partial charge in [-0.25, -0.2) is 4.79 Å². The van der Waals surface area contributed by atoms with Crippen LogP contribution >= 0.6 is 0 Å². The zero-order valence-corrected chi connectivity index (χ0v) is 22.1. The van der Waals surface area contributed by atoms with Gasteiger partial charge in [0, 0.05) is 69.1 Å². The molecule has 200 valence electrons. The first-order valence-corrected chi connectivity index (χ1v) is 12.8. The first-order chi connectivity index (χ1) is 18.3. The highest BCUT2D eigenvalue weighted by Gasteiger charge is 2.31. The van der Waals surface area contributed by atoms with Gasteiger partial charge in [-0.05, 0) is 43.9 Å². The number of amides is 5. The Balaban J connectivity index is 1.39. The van der Waals surface area contributed by atoms with Gasteiger partial charge in [0.05, 0.1) is 5.57 Å². The molecule has 10 heteroatoms. The maximum Gasteiger partial charge on any atom is 0.322 e. The summed E-state index contributed by atoms with van der Waals surface area (Å²) < 4.78 is 0. The molecular formula is C28H34N6O4. The second-order valence-corrected chi connectivity index (χ2v) is 9.80. The lowest BCUT2D eigenvalue weighted by molar-refractivity contribution is -0.135. The van der Waals surface area contributed by atoms with E-state index in [2.05, 4.69) is 10.3 Å². The van der Waals surface area contributed by atoms with Crippen molar-refractivity contribution in [3.05, 3.63) is 65.6 Å². The number of para-hydroxylation sites is 1. The van der Waals surface area contributed by atoms with Gasteiger partial charge in [0.1, 0.15) is 6.54 Å². The number of anilines is 1. The van der Waals surface area contributed by atoms with E-state index in [0.717, 1.165) is 17.7 Å². The Labute approximate surface area is 222 Å². The molecule has 0 atom stereocenters. The molecule has 4 rings (SSSR count). The van der Waals surface area contributed by atoms with Crippen molar-refractivity contribution >= 4 is 35.5 Å². The van der Waals surface area contributed by atoms with Gasteiger partial charge in [-0.3, -0.25) is 19.4 Å². The summed E-state index contributed by atoms with van der Waals surface area (Å²) in [5, 5.41) is 3.01. The van der Waals surface area contributed by atoms with Gasteiger partial charge in [-0.2, -0.15) is 0 Å².